The third kappa shape index (κ3) is 5.60. The molecule has 10 aromatic rings. The number of nitrogens with zero attached hydrogens (tertiary/aromatic N) is 1. The summed E-state index contributed by atoms with van der Waals surface area (Å²) in [6, 6.07) is -40.7. The highest BCUT2D eigenvalue weighted by Crippen LogP contribution is 2.53. The van der Waals surface area contributed by atoms with E-state index in [-0.39, 0.29) is 16.2 Å². The first-order valence-corrected chi connectivity index (χ1v) is 17.6. The first-order valence-electron chi connectivity index (χ1n) is 36.3. The average molecular weight is 797 g/mol. The van der Waals surface area contributed by atoms with Crippen molar-refractivity contribution in [1.82, 2.24) is 0 Å². The molecule has 1 aromatic heterocycles. The highest BCUT2D eigenvalue weighted by molar-refractivity contribution is 7.26. The Morgan fingerprint density at radius 1 is 0.414 bits per heavy atom. The fourth-order valence-electron chi connectivity index (χ4n) is 6.46. The van der Waals surface area contributed by atoms with Crippen molar-refractivity contribution in [3.05, 3.63) is 234 Å². The molecule has 11 rings (SSSR count). The van der Waals surface area contributed by atoms with Crippen LogP contribution in [0.3, 0.4) is 0 Å². The summed E-state index contributed by atoms with van der Waals surface area (Å²) >= 11 is 0.288. The fraction of sp³-hybridized carbons (Fsp3) is 0.0357. The van der Waals surface area contributed by atoms with Gasteiger partial charge in [0.25, 0.3) is 0 Å². The van der Waals surface area contributed by atoms with Gasteiger partial charge in [0.05, 0.1) is 49.3 Å². The molecule has 2 heteroatoms. The molecule has 1 aliphatic rings. The minimum atomic E-state index is -3.82. The first kappa shape index (κ1) is 12.8. The Bertz CT molecular complexity index is 5170. The van der Waals surface area contributed by atoms with Crippen LogP contribution in [-0.2, 0) is 5.41 Å². The van der Waals surface area contributed by atoms with E-state index in [4.69, 9.17) is 26.0 Å². The van der Waals surface area contributed by atoms with Crippen molar-refractivity contribution >= 4 is 48.6 Å². The summed E-state index contributed by atoms with van der Waals surface area (Å²) < 4.78 is 354. The lowest BCUT2D eigenvalue weighted by atomic mass is 9.74. The second-order valence-corrected chi connectivity index (χ2v) is 13.3. The van der Waals surface area contributed by atoms with Crippen molar-refractivity contribution in [2.75, 3.05) is 4.90 Å². The van der Waals surface area contributed by atoms with Crippen LogP contribution in [0.5, 0.6) is 0 Å². The van der Waals surface area contributed by atoms with Gasteiger partial charge >= 0.3 is 0 Å². The summed E-state index contributed by atoms with van der Waals surface area (Å²) in [4.78, 5) is 0.231. The molecular formula is C56H39NS. The summed E-state index contributed by atoms with van der Waals surface area (Å²) in [6.45, 7) is -3.82. The lowest BCUT2D eigenvalue weighted by Gasteiger charge is -2.28. The van der Waals surface area contributed by atoms with Crippen molar-refractivity contribution in [2.24, 2.45) is 0 Å². The molecule has 0 radical (unpaired) electrons. The molecule has 0 aliphatic heterocycles. The number of benzene rings is 9. The largest absolute Gasteiger partial charge is 0.310 e. The molecule has 0 saturated carbocycles. The Morgan fingerprint density at radius 2 is 0.948 bits per heavy atom. The zero-order chi connectivity index (χ0) is 72.5. The predicted molar refractivity (Wildman–Crippen MR) is 248 cm³/mol. The van der Waals surface area contributed by atoms with Crippen LogP contribution in [0.15, 0.2) is 218 Å². The number of hydrogen-bond donors (Lipinski definition) is 0. The van der Waals surface area contributed by atoms with Gasteiger partial charge in [-0.15, -0.1) is 11.3 Å². The molecule has 0 fully saturated rings. The zero-order valence-corrected chi connectivity index (χ0v) is 29.7. The van der Waals surface area contributed by atoms with Gasteiger partial charge in [-0.2, -0.15) is 0 Å². The molecule has 0 atom stereocenters. The van der Waals surface area contributed by atoms with E-state index in [1.165, 1.54) is 0 Å². The molecule has 0 N–H and O–H groups in total. The van der Waals surface area contributed by atoms with E-state index in [0.29, 0.717) is 0 Å². The van der Waals surface area contributed by atoms with Crippen LogP contribution in [0.2, 0.25) is 0 Å². The smallest absolute Gasteiger partial charge is 0.0651 e. The third-order valence-electron chi connectivity index (χ3n) is 9.07. The van der Waals surface area contributed by atoms with E-state index in [2.05, 4.69) is 0 Å². The summed E-state index contributed by atoms with van der Waals surface area (Å²) in [6.07, 6.45) is 0. The van der Waals surface area contributed by atoms with Gasteiger partial charge in [-0.05, 0) is 110 Å². The maximum atomic E-state index is 9.98. The molecule has 0 unspecified atom stereocenters. The van der Waals surface area contributed by atoms with Gasteiger partial charge in [0, 0.05) is 46.8 Å². The molecule has 1 heterocycles. The normalized spacial score (nSPS) is 22.4. The molecule has 274 valence electrons. The van der Waals surface area contributed by atoms with Crippen LogP contribution in [0.25, 0.3) is 64.7 Å². The number of thiophene rings is 1. The Morgan fingerprint density at radius 3 is 1.60 bits per heavy atom. The van der Waals surface area contributed by atoms with Gasteiger partial charge < -0.3 is 4.90 Å². The monoisotopic (exact) mass is 797 g/mol. The molecule has 0 saturated heterocycles. The van der Waals surface area contributed by atoms with E-state index in [1.54, 1.807) is 0 Å². The van der Waals surface area contributed by atoms with Gasteiger partial charge in [-0.3, -0.25) is 0 Å². The van der Waals surface area contributed by atoms with Crippen LogP contribution in [-0.4, -0.2) is 0 Å². The van der Waals surface area contributed by atoms with Gasteiger partial charge in [0.1, 0.15) is 0 Å². The van der Waals surface area contributed by atoms with E-state index < -0.39 is 328 Å². The lowest BCUT2D eigenvalue weighted by molar-refractivity contribution is 0.715. The van der Waals surface area contributed by atoms with Crippen molar-refractivity contribution in [3.8, 4) is 44.5 Å². The van der Waals surface area contributed by atoms with Gasteiger partial charge in [-0.25, -0.2) is 0 Å². The van der Waals surface area contributed by atoms with Gasteiger partial charge in [0.2, 0.25) is 0 Å². The number of anilines is 3. The molecular weight excluding hydrogens is 719 g/mol. The second kappa shape index (κ2) is 13.9. The second-order valence-electron chi connectivity index (χ2n) is 12.3. The molecule has 58 heavy (non-hydrogen) atoms. The average Bonchev–Trinajstić information content (AvgIpc) is 1.51. The van der Waals surface area contributed by atoms with E-state index >= 15 is 0 Å². The molecule has 1 aliphatic carbocycles. The Kier molecular flexibility index (Phi) is 3.05. The standard InChI is InChI=1S/C56H39NS/c1-56(52-24-10-8-20-48(52)49-21-9-11-25-53(49)56)43-30-35-50-51-23-13-22-47(55(51)58-54(50)37-43)41-28-33-45(34-29-41)57(44-31-26-40(27-32-44)38-14-4-2-5-15-38)46-19-12-18-42(36-46)39-16-6-3-7-17-39/h2-37H,1H3/i1D3,2D,3D,4D,5D,6D,7D,8D,9D,10D,11D,12D,13D,14D,15D,16D,17D,18D,19D,20D,21D,22D,23D,24D,25D,26D,27D,28D,29D,30D,31D,32D,33D,34D,35D,36D,37D. The minimum absolute atomic E-state index is 0.231. The fourth-order valence-corrected chi connectivity index (χ4v) is 7.58. The molecule has 0 bridgehead atoms. The van der Waals surface area contributed by atoms with Crippen molar-refractivity contribution in [1.29, 1.82) is 0 Å². The SMILES string of the molecule is [2H]c1c([2H])c([2H])c(-c2c([2H])c([2H])c(N(c3c([2H])c([2H])c(-c4c([2H])c([2H])c([2H])c5c4sc4c([2H])c(C6(C([2H])([2H])[2H])c7c([2H])c([2H])c([2H])c([2H])c7-c7c([2H])c([2H])c([2H])c([2H])c76)c([2H])c([2H])c45)c([2H])c3[2H])c3c([2H])c([2H])c([2H])c(-c4c([2H])c([2H])c([2H])c([2H])c4[2H])c3[2H])c([2H])c2[2H])c([2H])c1[2H]. The van der Waals surface area contributed by atoms with Crippen LogP contribution in [0, 0.1) is 0 Å². The molecule has 1 nitrogen and oxygen atoms in total. The lowest BCUT2D eigenvalue weighted by Crippen LogP contribution is -2.22. The van der Waals surface area contributed by atoms with Gasteiger partial charge in [-0.1, -0.05) is 175 Å². The quantitative estimate of drug-likeness (QED) is 0.155. The maximum absolute atomic E-state index is 9.98. The molecule has 9 aromatic carbocycles. The maximum Gasteiger partial charge on any atom is 0.0651 e. The number of fused-ring (bicyclic) bond motifs is 6. The van der Waals surface area contributed by atoms with Crippen LogP contribution in [0.4, 0.5) is 17.1 Å². The predicted octanol–water partition coefficient (Wildman–Crippen LogP) is 15.9. The van der Waals surface area contributed by atoms with E-state index in [0.717, 1.165) is 0 Å². The summed E-state index contributed by atoms with van der Waals surface area (Å²) in [7, 11) is 0. The Balaban J connectivity index is 1.28. The molecule has 0 amide bonds. The highest BCUT2D eigenvalue weighted by Gasteiger charge is 2.40. The first-order chi connectivity index (χ1) is 44.9. The van der Waals surface area contributed by atoms with Crippen LogP contribution in [0.1, 0.15) is 77.0 Å². The summed E-state index contributed by atoms with van der Waals surface area (Å²) in [5.41, 5.74) is -17.3. The van der Waals surface area contributed by atoms with E-state index in [1.807, 2.05) is 0 Å². The zero-order valence-electron chi connectivity index (χ0n) is 67.9. The van der Waals surface area contributed by atoms with Crippen molar-refractivity contribution in [2.45, 2.75) is 12.3 Å². The topological polar surface area (TPSA) is 3.24 Å². The minimum Gasteiger partial charge on any atom is -0.310 e. The number of hydrogen-bond acceptors (Lipinski definition) is 2. The van der Waals surface area contributed by atoms with Crippen LogP contribution < -0.4 is 4.90 Å². The summed E-state index contributed by atoms with van der Waals surface area (Å²) in [5.74, 6) is 0. The van der Waals surface area contributed by atoms with Crippen molar-refractivity contribution in [3.63, 3.8) is 0 Å². The van der Waals surface area contributed by atoms with E-state index in [9.17, 15) is 27.4 Å². The Hall–Kier alpha value is -7.00. The Labute approximate surface area is 398 Å². The van der Waals surface area contributed by atoms with Crippen molar-refractivity contribution < 1.29 is 53.5 Å². The third-order valence-corrected chi connectivity index (χ3v) is 10.2. The van der Waals surface area contributed by atoms with Gasteiger partial charge in [0.15, 0.2) is 0 Å². The van der Waals surface area contributed by atoms with Crippen LogP contribution >= 0.6 is 11.3 Å². The molecule has 0 spiro atoms. The summed E-state index contributed by atoms with van der Waals surface area (Å²) in [5, 5.41) is -1.24. The highest BCUT2D eigenvalue weighted by atomic mass is 32.1. The number of rotatable bonds is 7.